The molecule has 2 nitrogen and oxygen atoms in total. The van der Waals surface area contributed by atoms with Crippen LogP contribution in [0.15, 0.2) is 59.1 Å². The van der Waals surface area contributed by atoms with Gasteiger partial charge in [-0.1, -0.05) is 64.5 Å². The number of nitrogens with zero attached hydrogens (tertiary/aromatic N) is 1. The average Bonchev–Trinajstić information content (AvgIpc) is 2.84. The third kappa shape index (κ3) is 3.17. The lowest BCUT2D eigenvalue weighted by molar-refractivity contribution is 0.0555. The monoisotopic (exact) mass is 385 g/mol. The van der Waals surface area contributed by atoms with Gasteiger partial charge in [0.25, 0.3) is 0 Å². The molecule has 0 radical (unpaired) electrons. The van der Waals surface area contributed by atoms with Crippen molar-refractivity contribution in [2.45, 2.75) is 49.8 Å². The predicted molar refractivity (Wildman–Crippen MR) is 101 cm³/mol. The van der Waals surface area contributed by atoms with Crippen molar-refractivity contribution in [3.63, 3.8) is 0 Å². The second-order valence-corrected chi connectivity index (χ2v) is 8.05. The Kier molecular flexibility index (Phi) is 4.75. The van der Waals surface area contributed by atoms with Crippen molar-refractivity contribution in [1.82, 2.24) is 4.90 Å². The van der Waals surface area contributed by atoms with Crippen molar-refractivity contribution in [3.05, 3.63) is 70.2 Å². The highest BCUT2D eigenvalue weighted by molar-refractivity contribution is 9.10. The van der Waals surface area contributed by atoms with E-state index in [0.29, 0.717) is 18.0 Å². The molecule has 2 aromatic carbocycles. The summed E-state index contributed by atoms with van der Waals surface area (Å²) in [6.07, 6.45) is 4.58. The summed E-state index contributed by atoms with van der Waals surface area (Å²) in [6.45, 7) is 0.749. The van der Waals surface area contributed by atoms with Gasteiger partial charge in [-0.3, -0.25) is 4.90 Å². The van der Waals surface area contributed by atoms with Crippen LogP contribution < -0.4 is 0 Å². The summed E-state index contributed by atoms with van der Waals surface area (Å²) < 4.78 is 1.00. The molecule has 2 fully saturated rings. The van der Waals surface area contributed by atoms with Gasteiger partial charge < -0.3 is 5.11 Å². The summed E-state index contributed by atoms with van der Waals surface area (Å²) in [5, 5.41) is 10.7. The lowest BCUT2D eigenvalue weighted by Crippen LogP contribution is -2.44. The third-order valence-corrected chi connectivity index (χ3v) is 6.53. The van der Waals surface area contributed by atoms with Gasteiger partial charge in [-0.05, 0) is 48.8 Å². The van der Waals surface area contributed by atoms with Crippen LogP contribution in [0.5, 0.6) is 0 Å². The number of hydrogen-bond donors (Lipinski definition) is 1. The minimum Gasteiger partial charge on any atom is -0.387 e. The molecule has 4 atom stereocenters. The fourth-order valence-electron chi connectivity index (χ4n) is 4.61. The van der Waals surface area contributed by atoms with E-state index in [1.165, 1.54) is 31.2 Å². The van der Waals surface area contributed by atoms with E-state index in [0.717, 1.165) is 16.6 Å². The van der Waals surface area contributed by atoms with Crippen molar-refractivity contribution in [3.8, 4) is 0 Å². The second-order valence-electron chi connectivity index (χ2n) is 7.20. The fourth-order valence-corrected chi connectivity index (χ4v) is 5.16. The Morgan fingerprint density at radius 1 is 0.958 bits per heavy atom. The fraction of sp³-hybridized carbons (Fsp3) is 0.429. The minimum absolute atomic E-state index is 0.419. The van der Waals surface area contributed by atoms with Gasteiger partial charge in [0.05, 0.1) is 6.10 Å². The van der Waals surface area contributed by atoms with Crippen LogP contribution in [-0.4, -0.2) is 28.6 Å². The normalized spacial score (nSPS) is 28.0. The molecular weight excluding hydrogens is 362 g/mol. The lowest BCUT2D eigenvalue weighted by atomic mass is 9.85. The highest BCUT2D eigenvalue weighted by Crippen LogP contribution is 2.43. The second kappa shape index (κ2) is 6.99. The number of hydrogen-bond acceptors (Lipinski definition) is 2. The SMILES string of the molecule is OC(CN1[C@@H]2CC[C@H]1CC(c1ccccc1)C2)c1ccccc1Br. The maximum Gasteiger partial charge on any atom is 0.0928 e. The van der Waals surface area contributed by atoms with E-state index in [-0.39, 0.29) is 0 Å². The zero-order valence-electron chi connectivity index (χ0n) is 13.8. The molecule has 2 unspecified atom stereocenters. The molecule has 4 rings (SSSR count). The van der Waals surface area contributed by atoms with E-state index in [1.807, 2.05) is 24.3 Å². The van der Waals surface area contributed by atoms with Crippen LogP contribution in [0.3, 0.4) is 0 Å². The summed E-state index contributed by atoms with van der Waals surface area (Å²) in [5.41, 5.74) is 2.49. The Morgan fingerprint density at radius 3 is 2.25 bits per heavy atom. The van der Waals surface area contributed by atoms with Crippen LogP contribution in [0, 0.1) is 0 Å². The highest BCUT2D eigenvalue weighted by atomic mass is 79.9. The summed E-state index contributed by atoms with van der Waals surface area (Å²) in [5.74, 6) is 0.681. The summed E-state index contributed by atoms with van der Waals surface area (Å²) in [6, 6.07) is 20.2. The molecule has 0 aliphatic carbocycles. The molecule has 3 heteroatoms. The topological polar surface area (TPSA) is 23.5 Å². The van der Waals surface area contributed by atoms with Gasteiger partial charge in [-0.15, -0.1) is 0 Å². The largest absolute Gasteiger partial charge is 0.387 e. The van der Waals surface area contributed by atoms with Gasteiger partial charge in [-0.2, -0.15) is 0 Å². The van der Waals surface area contributed by atoms with Crippen molar-refractivity contribution in [1.29, 1.82) is 0 Å². The third-order valence-electron chi connectivity index (χ3n) is 5.80. The van der Waals surface area contributed by atoms with Gasteiger partial charge in [-0.25, -0.2) is 0 Å². The van der Waals surface area contributed by atoms with Crippen LogP contribution in [-0.2, 0) is 0 Å². The highest BCUT2D eigenvalue weighted by Gasteiger charge is 2.41. The smallest absolute Gasteiger partial charge is 0.0928 e. The molecule has 0 saturated carbocycles. The number of benzene rings is 2. The first-order chi connectivity index (χ1) is 11.7. The molecular formula is C21H24BrNO. The van der Waals surface area contributed by atoms with Gasteiger partial charge in [0.2, 0.25) is 0 Å². The Bertz CT molecular complexity index is 675. The maximum absolute atomic E-state index is 10.7. The van der Waals surface area contributed by atoms with E-state index < -0.39 is 6.10 Å². The Balaban J connectivity index is 1.46. The van der Waals surface area contributed by atoms with Crippen LogP contribution in [0.1, 0.15) is 48.8 Å². The number of fused-ring (bicyclic) bond motifs is 2. The van der Waals surface area contributed by atoms with E-state index in [9.17, 15) is 5.11 Å². The van der Waals surface area contributed by atoms with Crippen LogP contribution in [0.4, 0.5) is 0 Å². The van der Waals surface area contributed by atoms with E-state index in [4.69, 9.17) is 0 Å². The van der Waals surface area contributed by atoms with E-state index in [2.05, 4.69) is 51.2 Å². The molecule has 1 N–H and O–H groups in total. The summed E-state index contributed by atoms with van der Waals surface area (Å²) in [7, 11) is 0. The predicted octanol–water partition coefficient (Wildman–Crippen LogP) is 4.89. The van der Waals surface area contributed by atoms with Crippen LogP contribution in [0.25, 0.3) is 0 Å². The number of aliphatic hydroxyl groups is 1. The molecule has 2 aliphatic rings. The molecule has 2 bridgehead atoms. The number of piperidine rings is 1. The lowest BCUT2D eigenvalue weighted by Gasteiger charge is -2.40. The molecule has 126 valence electrons. The quantitative estimate of drug-likeness (QED) is 0.809. The first-order valence-corrected chi connectivity index (χ1v) is 9.75. The average molecular weight is 386 g/mol. The molecule has 24 heavy (non-hydrogen) atoms. The van der Waals surface area contributed by atoms with Crippen molar-refractivity contribution >= 4 is 15.9 Å². The van der Waals surface area contributed by atoms with Crippen molar-refractivity contribution in [2.24, 2.45) is 0 Å². The van der Waals surface area contributed by atoms with Gasteiger partial charge in [0, 0.05) is 23.1 Å². The maximum atomic E-state index is 10.7. The first kappa shape index (κ1) is 16.3. The summed E-state index contributed by atoms with van der Waals surface area (Å²) >= 11 is 3.57. The minimum atomic E-state index is -0.419. The van der Waals surface area contributed by atoms with Crippen molar-refractivity contribution in [2.75, 3.05) is 6.54 Å². The van der Waals surface area contributed by atoms with E-state index >= 15 is 0 Å². The number of aliphatic hydroxyl groups excluding tert-OH is 1. The molecule has 0 aromatic heterocycles. The molecule has 2 aromatic rings. The Morgan fingerprint density at radius 2 is 1.58 bits per heavy atom. The zero-order valence-corrected chi connectivity index (χ0v) is 15.4. The molecule has 0 amide bonds. The molecule has 2 heterocycles. The molecule has 2 aliphatic heterocycles. The van der Waals surface area contributed by atoms with Gasteiger partial charge in [0.1, 0.15) is 0 Å². The first-order valence-electron chi connectivity index (χ1n) is 8.95. The molecule has 2 saturated heterocycles. The number of halogens is 1. The Hall–Kier alpha value is -1.16. The standard InChI is InChI=1S/C21H24BrNO/c22-20-9-5-4-8-19(20)21(24)14-23-17-10-11-18(23)13-16(12-17)15-6-2-1-3-7-15/h1-9,16-18,21,24H,10-14H2/t16?,17-,18+,21?. The van der Waals surface area contributed by atoms with Crippen LogP contribution >= 0.6 is 15.9 Å². The van der Waals surface area contributed by atoms with Gasteiger partial charge >= 0.3 is 0 Å². The Labute approximate surface area is 152 Å². The van der Waals surface area contributed by atoms with Crippen LogP contribution in [0.2, 0.25) is 0 Å². The molecule has 0 spiro atoms. The van der Waals surface area contributed by atoms with E-state index in [1.54, 1.807) is 0 Å². The zero-order chi connectivity index (χ0) is 16.5. The van der Waals surface area contributed by atoms with Gasteiger partial charge in [0.15, 0.2) is 0 Å². The summed E-state index contributed by atoms with van der Waals surface area (Å²) in [4.78, 5) is 2.57. The van der Waals surface area contributed by atoms with Crippen molar-refractivity contribution < 1.29 is 5.11 Å². The number of rotatable bonds is 4.